The number of hydrogen-bond donors (Lipinski definition) is 2. The Morgan fingerprint density at radius 1 is 1.42 bits per heavy atom. The summed E-state index contributed by atoms with van der Waals surface area (Å²) in [6.07, 6.45) is 7.78. The SMILES string of the molecule is CC(CCN)Nc1cc(N(C)C2CCCC2)ncn1. The zero-order valence-electron chi connectivity index (χ0n) is 12.0. The molecule has 106 valence electrons. The van der Waals surface area contributed by atoms with E-state index in [0.29, 0.717) is 18.6 Å². The van der Waals surface area contributed by atoms with Crippen molar-refractivity contribution in [3.05, 3.63) is 12.4 Å². The number of aromatic nitrogens is 2. The minimum Gasteiger partial charge on any atom is -0.367 e. The van der Waals surface area contributed by atoms with Crippen molar-refractivity contribution in [3.8, 4) is 0 Å². The molecule has 0 radical (unpaired) electrons. The van der Waals surface area contributed by atoms with Gasteiger partial charge in [-0.15, -0.1) is 0 Å². The summed E-state index contributed by atoms with van der Waals surface area (Å²) in [6, 6.07) is 3.00. The third-order valence-corrected chi connectivity index (χ3v) is 3.88. The van der Waals surface area contributed by atoms with Crippen molar-refractivity contribution >= 4 is 11.6 Å². The van der Waals surface area contributed by atoms with Crippen LogP contribution in [0, 0.1) is 0 Å². The van der Waals surface area contributed by atoms with Crippen molar-refractivity contribution in [2.24, 2.45) is 5.73 Å². The van der Waals surface area contributed by atoms with E-state index < -0.39 is 0 Å². The fourth-order valence-electron chi connectivity index (χ4n) is 2.67. The molecule has 0 saturated heterocycles. The summed E-state index contributed by atoms with van der Waals surface area (Å²) >= 11 is 0. The van der Waals surface area contributed by atoms with Crippen molar-refractivity contribution in [1.82, 2.24) is 9.97 Å². The topological polar surface area (TPSA) is 67.1 Å². The van der Waals surface area contributed by atoms with Crippen molar-refractivity contribution in [3.63, 3.8) is 0 Å². The fourth-order valence-corrected chi connectivity index (χ4v) is 2.67. The van der Waals surface area contributed by atoms with Gasteiger partial charge in [-0.1, -0.05) is 12.8 Å². The van der Waals surface area contributed by atoms with Crippen LogP contribution >= 0.6 is 0 Å². The first kappa shape index (κ1) is 14.1. The van der Waals surface area contributed by atoms with E-state index in [0.717, 1.165) is 18.1 Å². The third-order valence-electron chi connectivity index (χ3n) is 3.88. The zero-order chi connectivity index (χ0) is 13.7. The van der Waals surface area contributed by atoms with E-state index in [1.165, 1.54) is 25.7 Å². The Bertz CT molecular complexity index is 389. The standard InChI is InChI=1S/C14H25N5/c1-11(7-8-15)18-13-9-14(17-10-16-13)19(2)12-5-3-4-6-12/h9-12H,3-8,15H2,1-2H3,(H,16,17,18). The van der Waals surface area contributed by atoms with Gasteiger partial charge in [0.2, 0.25) is 0 Å². The number of hydrogen-bond acceptors (Lipinski definition) is 5. The number of anilines is 2. The lowest BCUT2D eigenvalue weighted by Crippen LogP contribution is -2.29. The molecule has 0 aliphatic heterocycles. The molecule has 0 aromatic carbocycles. The van der Waals surface area contributed by atoms with Gasteiger partial charge < -0.3 is 16.0 Å². The van der Waals surface area contributed by atoms with Crippen molar-refractivity contribution in [2.75, 3.05) is 23.8 Å². The lowest BCUT2D eigenvalue weighted by atomic mass is 10.2. The molecule has 1 aromatic rings. The zero-order valence-corrected chi connectivity index (χ0v) is 12.0. The van der Waals surface area contributed by atoms with E-state index >= 15 is 0 Å². The summed E-state index contributed by atoms with van der Waals surface area (Å²) in [4.78, 5) is 11.0. The molecule has 1 heterocycles. The first-order chi connectivity index (χ1) is 9.20. The Balaban J connectivity index is 2.01. The fraction of sp³-hybridized carbons (Fsp3) is 0.714. The van der Waals surface area contributed by atoms with Crippen LogP contribution in [0.2, 0.25) is 0 Å². The van der Waals surface area contributed by atoms with Crippen LogP contribution in [0.4, 0.5) is 11.6 Å². The van der Waals surface area contributed by atoms with Crippen LogP contribution in [0.15, 0.2) is 12.4 Å². The summed E-state index contributed by atoms with van der Waals surface area (Å²) in [5.41, 5.74) is 5.56. The Labute approximate surface area is 115 Å². The second kappa shape index (κ2) is 6.70. The average Bonchev–Trinajstić information content (AvgIpc) is 2.92. The molecule has 19 heavy (non-hydrogen) atoms. The van der Waals surface area contributed by atoms with Gasteiger partial charge in [0, 0.05) is 25.2 Å². The minimum absolute atomic E-state index is 0.338. The van der Waals surface area contributed by atoms with Crippen LogP contribution in [0.5, 0.6) is 0 Å². The summed E-state index contributed by atoms with van der Waals surface area (Å²) in [7, 11) is 2.13. The van der Waals surface area contributed by atoms with Gasteiger partial charge in [0.25, 0.3) is 0 Å². The first-order valence-electron chi connectivity index (χ1n) is 7.22. The largest absolute Gasteiger partial charge is 0.367 e. The average molecular weight is 263 g/mol. The molecule has 5 nitrogen and oxygen atoms in total. The van der Waals surface area contributed by atoms with E-state index in [-0.39, 0.29) is 0 Å². The molecule has 1 fully saturated rings. The van der Waals surface area contributed by atoms with Crippen LogP contribution in [0.3, 0.4) is 0 Å². The molecule has 2 rings (SSSR count). The van der Waals surface area contributed by atoms with E-state index in [2.05, 4.69) is 34.2 Å². The molecule has 1 unspecified atom stereocenters. The Morgan fingerprint density at radius 2 is 2.16 bits per heavy atom. The number of rotatable bonds is 6. The summed E-state index contributed by atoms with van der Waals surface area (Å²) < 4.78 is 0. The van der Waals surface area contributed by atoms with Crippen LogP contribution in [0.1, 0.15) is 39.0 Å². The van der Waals surface area contributed by atoms with E-state index in [4.69, 9.17) is 5.73 Å². The molecule has 1 atom stereocenters. The van der Waals surface area contributed by atoms with Gasteiger partial charge in [-0.3, -0.25) is 0 Å². The maximum absolute atomic E-state index is 5.56. The van der Waals surface area contributed by atoms with E-state index in [1.54, 1.807) is 6.33 Å². The third kappa shape index (κ3) is 3.80. The van der Waals surface area contributed by atoms with Gasteiger partial charge >= 0.3 is 0 Å². The molecule has 5 heteroatoms. The number of nitrogens with two attached hydrogens (primary N) is 1. The number of nitrogens with zero attached hydrogens (tertiary/aromatic N) is 3. The lowest BCUT2D eigenvalue weighted by molar-refractivity contribution is 0.645. The Kier molecular flexibility index (Phi) is 4.96. The highest BCUT2D eigenvalue weighted by Gasteiger charge is 2.20. The van der Waals surface area contributed by atoms with Crippen LogP contribution in [0.25, 0.3) is 0 Å². The highest BCUT2D eigenvalue weighted by atomic mass is 15.2. The summed E-state index contributed by atoms with van der Waals surface area (Å²) in [5.74, 6) is 1.89. The smallest absolute Gasteiger partial charge is 0.134 e. The van der Waals surface area contributed by atoms with E-state index in [1.807, 2.05) is 6.07 Å². The normalized spacial score (nSPS) is 17.4. The van der Waals surface area contributed by atoms with Gasteiger partial charge in [-0.05, 0) is 32.7 Å². The summed E-state index contributed by atoms with van der Waals surface area (Å²) in [5, 5.41) is 3.37. The van der Waals surface area contributed by atoms with E-state index in [9.17, 15) is 0 Å². The molecule has 0 spiro atoms. The van der Waals surface area contributed by atoms with Gasteiger partial charge in [-0.25, -0.2) is 9.97 Å². The molecular formula is C14H25N5. The molecule has 3 N–H and O–H groups in total. The van der Waals surface area contributed by atoms with Gasteiger partial charge in [0.15, 0.2) is 0 Å². The van der Waals surface area contributed by atoms with Crippen molar-refractivity contribution in [2.45, 2.75) is 51.1 Å². The van der Waals surface area contributed by atoms with Gasteiger partial charge in [-0.2, -0.15) is 0 Å². The minimum atomic E-state index is 0.338. The van der Waals surface area contributed by atoms with Gasteiger partial charge in [0.05, 0.1) is 0 Å². The van der Waals surface area contributed by atoms with Crippen molar-refractivity contribution < 1.29 is 0 Å². The Morgan fingerprint density at radius 3 is 2.84 bits per heavy atom. The monoisotopic (exact) mass is 263 g/mol. The maximum Gasteiger partial charge on any atom is 0.134 e. The molecule has 1 saturated carbocycles. The molecular weight excluding hydrogens is 238 g/mol. The van der Waals surface area contributed by atoms with Crippen LogP contribution < -0.4 is 16.0 Å². The lowest BCUT2D eigenvalue weighted by Gasteiger charge is -2.25. The number of nitrogens with one attached hydrogen (secondary N) is 1. The molecule has 1 aliphatic carbocycles. The summed E-state index contributed by atoms with van der Waals surface area (Å²) in [6.45, 7) is 2.81. The Hall–Kier alpha value is -1.36. The van der Waals surface area contributed by atoms with Crippen molar-refractivity contribution in [1.29, 1.82) is 0 Å². The first-order valence-corrected chi connectivity index (χ1v) is 7.22. The molecule has 1 aromatic heterocycles. The molecule has 0 amide bonds. The van der Waals surface area contributed by atoms with Crippen LogP contribution in [-0.4, -0.2) is 35.6 Å². The maximum atomic E-state index is 5.56. The predicted molar refractivity (Wildman–Crippen MR) is 79.4 cm³/mol. The predicted octanol–water partition coefficient (Wildman–Crippen LogP) is 2.00. The second-order valence-electron chi connectivity index (χ2n) is 5.43. The second-order valence-corrected chi connectivity index (χ2v) is 5.43. The quantitative estimate of drug-likeness (QED) is 0.821. The highest BCUT2D eigenvalue weighted by Crippen LogP contribution is 2.26. The van der Waals surface area contributed by atoms with Crippen LogP contribution in [-0.2, 0) is 0 Å². The highest BCUT2D eigenvalue weighted by molar-refractivity contribution is 5.49. The molecule has 0 bridgehead atoms. The van der Waals surface area contributed by atoms with Gasteiger partial charge in [0.1, 0.15) is 18.0 Å². The molecule has 1 aliphatic rings.